The fraction of sp³-hybridized carbons (Fsp3) is 0.467. The minimum atomic E-state index is -0.974. The summed E-state index contributed by atoms with van der Waals surface area (Å²) in [6, 6.07) is 7.64. The zero-order valence-corrected chi connectivity index (χ0v) is 11.7. The van der Waals surface area contributed by atoms with Crippen LogP contribution in [0.15, 0.2) is 24.3 Å². The van der Waals surface area contributed by atoms with Crippen molar-refractivity contribution in [2.75, 3.05) is 5.32 Å². The van der Waals surface area contributed by atoms with Gasteiger partial charge in [-0.3, -0.25) is 9.59 Å². The van der Waals surface area contributed by atoms with E-state index >= 15 is 0 Å². The molecular weight excluding hydrogens is 242 g/mol. The fourth-order valence-corrected chi connectivity index (χ4v) is 1.80. The van der Waals surface area contributed by atoms with Crippen LogP contribution in [0.1, 0.15) is 39.2 Å². The molecule has 4 nitrogen and oxygen atoms in total. The molecule has 0 heterocycles. The summed E-state index contributed by atoms with van der Waals surface area (Å²) in [4.78, 5) is 22.7. The van der Waals surface area contributed by atoms with Gasteiger partial charge in [0.25, 0.3) is 0 Å². The first kappa shape index (κ1) is 15.2. The Morgan fingerprint density at radius 1 is 1.21 bits per heavy atom. The summed E-state index contributed by atoms with van der Waals surface area (Å²) in [6.45, 7) is 5.37. The SMILES string of the molecule is CCCc1ccc(NC(=O)C(C)(C)CC(=O)O)cc1. The van der Waals surface area contributed by atoms with Crippen LogP contribution < -0.4 is 5.32 Å². The van der Waals surface area contributed by atoms with Crippen molar-refractivity contribution in [3.63, 3.8) is 0 Å². The average molecular weight is 263 g/mol. The summed E-state index contributed by atoms with van der Waals surface area (Å²) < 4.78 is 0. The Morgan fingerprint density at radius 2 is 1.79 bits per heavy atom. The van der Waals surface area contributed by atoms with E-state index in [0.29, 0.717) is 5.69 Å². The minimum absolute atomic E-state index is 0.188. The van der Waals surface area contributed by atoms with Crippen molar-refractivity contribution < 1.29 is 14.7 Å². The molecule has 1 aromatic carbocycles. The highest BCUT2D eigenvalue weighted by atomic mass is 16.4. The molecule has 0 saturated carbocycles. The predicted molar refractivity (Wildman–Crippen MR) is 75.1 cm³/mol. The lowest BCUT2D eigenvalue weighted by atomic mass is 9.88. The van der Waals surface area contributed by atoms with Crippen LogP contribution in [0.4, 0.5) is 5.69 Å². The van der Waals surface area contributed by atoms with Crippen molar-refractivity contribution >= 4 is 17.6 Å². The number of benzene rings is 1. The van der Waals surface area contributed by atoms with Crippen molar-refractivity contribution in [3.8, 4) is 0 Å². The van der Waals surface area contributed by atoms with Gasteiger partial charge in [0.05, 0.1) is 11.8 Å². The van der Waals surface area contributed by atoms with E-state index < -0.39 is 11.4 Å². The molecule has 0 atom stereocenters. The number of anilines is 1. The lowest BCUT2D eigenvalue weighted by Gasteiger charge is -2.21. The Balaban J connectivity index is 2.68. The molecule has 0 unspecified atom stereocenters. The molecule has 0 radical (unpaired) electrons. The Hall–Kier alpha value is -1.84. The number of carbonyl (C=O) groups excluding carboxylic acids is 1. The van der Waals surface area contributed by atoms with E-state index in [4.69, 9.17) is 5.11 Å². The molecule has 1 amide bonds. The van der Waals surface area contributed by atoms with Gasteiger partial charge in [0.1, 0.15) is 0 Å². The lowest BCUT2D eigenvalue weighted by molar-refractivity contribution is -0.142. The van der Waals surface area contributed by atoms with Gasteiger partial charge in [-0.2, -0.15) is 0 Å². The Bertz CT molecular complexity index is 449. The molecule has 0 aliphatic carbocycles. The first-order valence-electron chi connectivity index (χ1n) is 6.47. The molecule has 0 aromatic heterocycles. The van der Waals surface area contributed by atoms with Crippen LogP contribution in [0.25, 0.3) is 0 Å². The molecule has 0 fully saturated rings. The molecular formula is C15H21NO3. The first-order valence-corrected chi connectivity index (χ1v) is 6.47. The molecule has 0 spiro atoms. The zero-order chi connectivity index (χ0) is 14.5. The van der Waals surface area contributed by atoms with E-state index in [-0.39, 0.29) is 12.3 Å². The molecule has 1 aromatic rings. The topological polar surface area (TPSA) is 66.4 Å². The maximum Gasteiger partial charge on any atom is 0.304 e. The molecule has 104 valence electrons. The van der Waals surface area contributed by atoms with E-state index in [1.54, 1.807) is 13.8 Å². The number of aryl methyl sites for hydroxylation is 1. The number of carboxylic acid groups (broad SMARTS) is 1. The summed E-state index contributed by atoms with van der Waals surface area (Å²) in [5.41, 5.74) is 1.00. The zero-order valence-electron chi connectivity index (χ0n) is 11.7. The quantitative estimate of drug-likeness (QED) is 0.828. The Kier molecular flexibility index (Phi) is 5.10. The van der Waals surface area contributed by atoms with E-state index in [1.165, 1.54) is 5.56 Å². The molecule has 19 heavy (non-hydrogen) atoms. The summed E-state index contributed by atoms with van der Waals surface area (Å²) in [6.07, 6.45) is 1.91. The van der Waals surface area contributed by atoms with Gasteiger partial charge in [-0.1, -0.05) is 39.3 Å². The Morgan fingerprint density at radius 3 is 2.26 bits per heavy atom. The van der Waals surface area contributed by atoms with Gasteiger partial charge in [-0.15, -0.1) is 0 Å². The second-order valence-electron chi connectivity index (χ2n) is 5.36. The number of aliphatic carboxylic acids is 1. The van der Waals surface area contributed by atoms with Gasteiger partial charge in [-0.05, 0) is 24.1 Å². The highest BCUT2D eigenvalue weighted by Gasteiger charge is 2.30. The van der Waals surface area contributed by atoms with Gasteiger partial charge < -0.3 is 10.4 Å². The van der Waals surface area contributed by atoms with Crippen molar-refractivity contribution in [2.45, 2.75) is 40.0 Å². The molecule has 2 N–H and O–H groups in total. The molecule has 0 aliphatic heterocycles. The van der Waals surface area contributed by atoms with Gasteiger partial charge in [0.2, 0.25) is 5.91 Å². The van der Waals surface area contributed by atoms with Gasteiger partial charge in [0.15, 0.2) is 0 Å². The summed E-state index contributed by atoms with van der Waals surface area (Å²) in [5.74, 6) is -1.25. The van der Waals surface area contributed by atoms with Crippen LogP contribution in [0, 0.1) is 5.41 Å². The van der Waals surface area contributed by atoms with Crippen molar-refractivity contribution in [1.29, 1.82) is 0 Å². The normalized spacial score (nSPS) is 11.1. The van der Waals surface area contributed by atoms with Crippen LogP contribution in [0.2, 0.25) is 0 Å². The fourth-order valence-electron chi connectivity index (χ4n) is 1.80. The average Bonchev–Trinajstić information content (AvgIpc) is 2.30. The van der Waals surface area contributed by atoms with E-state index in [9.17, 15) is 9.59 Å². The second-order valence-corrected chi connectivity index (χ2v) is 5.36. The molecule has 4 heteroatoms. The minimum Gasteiger partial charge on any atom is -0.481 e. The maximum absolute atomic E-state index is 12.0. The number of amides is 1. The van der Waals surface area contributed by atoms with Gasteiger partial charge in [-0.25, -0.2) is 0 Å². The number of hydrogen-bond donors (Lipinski definition) is 2. The van der Waals surface area contributed by atoms with Gasteiger partial charge >= 0.3 is 5.97 Å². The van der Waals surface area contributed by atoms with E-state index in [0.717, 1.165) is 12.8 Å². The molecule has 0 bridgehead atoms. The number of carbonyl (C=O) groups is 2. The van der Waals surface area contributed by atoms with Crippen molar-refractivity contribution in [3.05, 3.63) is 29.8 Å². The van der Waals surface area contributed by atoms with Crippen LogP contribution in [0.3, 0.4) is 0 Å². The summed E-state index contributed by atoms with van der Waals surface area (Å²) >= 11 is 0. The highest BCUT2D eigenvalue weighted by molar-refractivity contribution is 5.96. The number of carboxylic acids is 1. The smallest absolute Gasteiger partial charge is 0.304 e. The molecule has 1 rings (SSSR count). The predicted octanol–water partition coefficient (Wildman–Crippen LogP) is 3.08. The van der Waals surface area contributed by atoms with Crippen molar-refractivity contribution in [1.82, 2.24) is 0 Å². The maximum atomic E-state index is 12.0. The van der Waals surface area contributed by atoms with Crippen LogP contribution in [-0.2, 0) is 16.0 Å². The third-order valence-electron chi connectivity index (χ3n) is 2.96. The summed E-state index contributed by atoms with van der Waals surface area (Å²) in [5, 5.41) is 11.5. The summed E-state index contributed by atoms with van der Waals surface area (Å²) in [7, 11) is 0. The number of hydrogen-bond acceptors (Lipinski definition) is 2. The molecule has 0 aliphatic rings. The highest BCUT2D eigenvalue weighted by Crippen LogP contribution is 2.23. The first-order chi connectivity index (χ1) is 8.85. The van der Waals surface area contributed by atoms with E-state index in [2.05, 4.69) is 12.2 Å². The van der Waals surface area contributed by atoms with Gasteiger partial charge in [0, 0.05) is 5.69 Å². The van der Waals surface area contributed by atoms with Crippen LogP contribution in [-0.4, -0.2) is 17.0 Å². The monoisotopic (exact) mass is 263 g/mol. The van der Waals surface area contributed by atoms with Crippen molar-refractivity contribution in [2.24, 2.45) is 5.41 Å². The standard InChI is InChI=1S/C15H21NO3/c1-4-5-11-6-8-12(9-7-11)16-14(19)15(2,3)10-13(17)18/h6-9H,4-5,10H2,1-3H3,(H,16,19)(H,17,18). The number of nitrogens with one attached hydrogen (secondary N) is 1. The van der Waals surface area contributed by atoms with Crippen LogP contribution >= 0.6 is 0 Å². The second kappa shape index (κ2) is 6.36. The molecule has 0 saturated heterocycles. The largest absolute Gasteiger partial charge is 0.481 e. The lowest BCUT2D eigenvalue weighted by Crippen LogP contribution is -2.32. The Labute approximate surface area is 113 Å². The third kappa shape index (κ3) is 4.73. The third-order valence-corrected chi connectivity index (χ3v) is 2.96. The van der Waals surface area contributed by atoms with E-state index in [1.807, 2.05) is 24.3 Å². The van der Waals surface area contributed by atoms with Crippen LogP contribution in [0.5, 0.6) is 0 Å². The number of rotatable bonds is 6.